The second-order valence-electron chi connectivity index (χ2n) is 6.79. The van der Waals surface area contributed by atoms with Gasteiger partial charge in [-0.05, 0) is 44.0 Å². The first-order valence-electron chi connectivity index (χ1n) is 9.35. The van der Waals surface area contributed by atoms with E-state index in [1.165, 1.54) is 0 Å². The lowest BCUT2D eigenvalue weighted by atomic mass is 10.0. The summed E-state index contributed by atoms with van der Waals surface area (Å²) in [5.74, 6) is 0. The average Bonchev–Trinajstić information content (AvgIpc) is 2.64. The quantitative estimate of drug-likeness (QED) is 0.615. The zero-order valence-electron chi connectivity index (χ0n) is 15.6. The van der Waals surface area contributed by atoms with Crippen molar-refractivity contribution in [3.05, 3.63) is 59.9 Å². The predicted octanol–water partition coefficient (Wildman–Crippen LogP) is 4.63. The Morgan fingerprint density at radius 2 is 1.73 bits per heavy atom. The third-order valence-electron chi connectivity index (χ3n) is 4.56. The van der Waals surface area contributed by atoms with Crippen LogP contribution in [0.1, 0.15) is 62.1 Å². The van der Waals surface area contributed by atoms with Gasteiger partial charge in [0.05, 0.1) is 16.7 Å². The molecule has 0 radical (unpaired) electrons. The zero-order valence-corrected chi connectivity index (χ0v) is 16.5. The fourth-order valence-electron chi connectivity index (χ4n) is 3.10. The largest absolute Gasteiger partial charge is 0.393 e. The molecule has 26 heavy (non-hydrogen) atoms. The summed E-state index contributed by atoms with van der Waals surface area (Å²) in [6.45, 7) is 3.99. The molecule has 5 heteroatoms. The van der Waals surface area contributed by atoms with E-state index in [1.807, 2.05) is 19.1 Å². The van der Waals surface area contributed by atoms with Gasteiger partial charge < -0.3 is 5.11 Å². The minimum atomic E-state index is -3.62. The number of unbranched alkanes of at least 4 members (excludes halogenated alkanes) is 3. The van der Waals surface area contributed by atoms with Crippen molar-refractivity contribution >= 4 is 9.84 Å². The Morgan fingerprint density at radius 1 is 1.00 bits per heavy atom. The van der Waals surface area contributed by atoms with E-state index < -0.39 is 21.2 Å². The Hall–Kier alpha value is -1.72. The molecule has 2 rings (SSSR count). The zero-order chi connectivity index (χ0) is 19.0. The van der Waals surface area contributed by atoms with Crippen molar-refractivity contribution in [2.75, 3.05) is 0 Å². The van der Waals surface area contributed by atoms with Crippen LogP contribution in [-0.4, -0.2) is 24.6 Å². The molecule has 0 fully saturated rings. The molecule has 0 amide bonds. The maximum Gasteiger partial charge on any atom is 0.187 e. The number of sulfone groups is 1. The van der Waals surface area contributed by atoms with Crippen molar-refractivity contribution in [2.45, 2.75) is 68.6 Å². The van der Waals surface area contributed by atoms with E-state index in [1.54, 1.807) is 36.4 Å². The lowest BCUT2D eigenvalue weighted by Crippen LogP contribution is -2.21. The van der Waals surface area contributed by atoms with Crippen LogP contribution in [0.5, 0.6) is 0 Å². The van der Waals surface area contributed by atoms with Crippen LogP contribution < -0.4 is 0 Å². The summed E-state index contributed by atoms with van der Waals surface area (Å²) in [4.78, 5) is 4.71. The van der Waals surface area contributed by atoms with Gasteiger partial charge in [0, 0.05) is 5.69 Å². The monoisotopic (exact) mass is 375 g/mol. The molecule has 0 saturated heterocycles. The Bertz CT molecular complexity index is 775. The van der Waals surface area contributed by atoms with Gasteiger partial charge in [-0.3, -0.25) is 4.98 Å². The van der Waals surface area contributed by atoms with E-state index in [4.69, 9.17) is 0 Å². The first-order chi connectivity index (χ1) is 12.4. The lowest BCUT2D eigenvalue weighted by molar-refractivity contribution is 0.149. The molecule has 2 atom stereocenters. The van der Waals surface area contributed by atoms with Gasteiger partial charge in [-0.15, -0.1) is 0 Å². The van der Waals surface area contributed by atoms with Crippen molar-refractivity contribution in [3.63, 3.8) is 0 Å². The van der Waals surface area contributed by atoms with Crippen LogP contribution in [-0.2, 0) is 9.84 Å². The number of aromatic nitrogens is 1. The summed E-state index contributed by atoms with van der Waals surface area (Å²) >= 11 is 0. The molecule has 0 bridgehead atoms. The minimum Gasteiger partial charge on any atom is -0.393 e. The number of nitrogens with zero attached hydrogens (tertiary/aromatic N) is 1. The Labute approximate surface area is 157 Å². The molecule has 1 aromatic heterocycles. The number of aryl methyl sites for hydroxylation is 1. The molecule has 2 unspecified atom stereocenters. The third-order valence-corrected chi connectivity index (χ3v) is 6.68. The van der Waals surface area contributed by atoms with Gasteiger partial charge in [0.1, 0.15) is 5.25 Å². The number of pyridine rings is 1. The molecule has 1 heterocycles. The topological polar surface area (TPSA) is 67.3 Å². The van der Waals surface area contributed by atoms with E-state index in [2.05, 4.69) is 11.9 Å². The number of hydrogen-bond donors (Lipinski definition) is 1. The number of rotatable bonds is 10. The molecule has 0 aliphatic heterocycles. The number of benzene rings is 1. The summed E-state index contributed by atoms with van der Waals surface area (Å²) < 4.78 is 26.4. The summed E-state index contributed by atoms with van der Waals surface area (Å²) in [7, 11) is -3.62. The first kappa shape index (κ1) is 20.6. The van der Waals surface area contributed by atoms with Crippen molar-refractivity contribution in [1.29, 1.82) is 0 Å². The standard InChI is InChI=1S/C21H29NO3S/c1-3-4-5-7-12-18(23)16-21(20-15-10-11-17(2)22-20)26(24,25)19-13-8-6-9-14-19/h6,8-11,13-15,18,21,23H,3-5,7,12,16H2,1-2H3. The fourth-order valence-corrected chi connectivity index (χ4v) is 4.89. The maximum atomic E-state index is 13.2. The highest BCUT2D eigenvalue weighted by atomic mass is 32.2. The highest BCUT2D eigenvalue weighted by molar-refractivity contribution is 7.91. The third kappa shape index (κ3) is 5.64. The number of aliphatic hydroxyl groups is 1. The van der Waals surface area contributed by atoms with Gasteiger partial charge in [-0.25, -0.2) is 8.42 Å². The molecule has 2 aromatic rings. The van der Waals surface area contributed by atoms with Crippen LogP contribution in [0.3, 0.4) is 0 Å². The van der Waals surface area contributed by atoms with Crippen LogP contribution >= 0.6 is 0 Å². The lowest BCUT2D eigenvalue weighted by Gasteiger charge is -2.21. The van der Waals surface area contributed by atoms with E-state index in [0.717, 1.165) is 31.4 Å². The molecule has 0 aliphatic carbocycles. The van der Waals surface area contributed by atoms with Gasteiger partial charge in [0.2, 0.25) is 0 Å². The molecule has 0 saturated carbocycles. The van der Waals surface area contributed by atoms with E-state index in [9.17, 15) is 13.5 Å². The molecular formula is C21H29NO3S. The minimum absolute atomic E-state index is 0.166. The van der Waals surface area contributed by atoms with E-state index in [0.29, 0.717) is 12.1 Å². The number of aliphatic hydroxyl groups excluding tert-OH is 1. The fraction of sp³-hybridized carbons (Fsp3) is 0.476. The Morgan fingerprint density at radius 3 is 2.38 bits per heavy atom. The van der Waals surface area contributed by atoms with Crippen molar-refractivity contribution in [2.24, 2.45) is 0 Å². The molecule has 142 valence electrons. The Balaban J connectivity index is 2.25. The summed E-state index contributed by atoms with van der Waals surface area (Å²) in [5.41, 5.74) is 1.27. The van der Waals surface area contributed by atoms with Crippen molar-refractivity contribution < 1.29 is 13.5 Å². The second-order valence-corrected chi connectivity index (χ2v) is 8.92. The molecule has 1 N–H and O–H groups in total. The SMILES string of the molecule is CCCCCCC(O)CC(c1cccc(C)n1)S(=O)(=O)c1ccccc1. The van der Waals surface area contributed by atoms with Crippen LogP contribution in [0.25, 0.3) is 0 Å². The van der Waals surface area contributed by atoms with Gasteiger partial charge >= 0.3 is 0 Å². The second kappa shape index (κ2) is 9.83. The predicted molar refractivity (Wildman–Crippen MR) is 105 cm³/mol. The number of hydrogen-bond acceptors (Lipinski definition) is 4. The molecule has 1 aromatic carbocycles. The summed E-state index contributed by atoms with van der Waals surface area (Å²) in [6.07, 6.45) is 4.37. The summed E-state index contributed by atoms with van der Waals surface area (Å²) in [5, 5.41) is 9.63. The molecule has 0 spiro atoms. The average molecular weight is 376 g/mol. The van der Waals surface area contributed by atoms with Crippen molar-refractivity contribution in [1.82, 2.24) is 4.98 Å². The smallest absolute Gasteiger partial charge is 0.187 e. The van der Waals surface area contributed by atoms with Crippen LogP contribution in [0.2, 0.25) is 0 Å². The van der Waals surface area contributed by atoms with Gasteiger partial charge in [0.15, 0.2) is 9.84 Å². The first-order valence-corrected chi connectivity index (χ1v) is 10.9. The van der Waals surface area contributed by atoms with Gasteiger partial charge in [0.25, 0.3) is 0 Å². The molecule has 0 aliphatic rings. The van der Waals surface area contributed by atoms with E-state index in [-0.39, 0.29) is 11.3 Å². The van der Waals surface area contributed by atoms with Crippen LogP contribution in [0, 0.1) is 6.92 Å². The van der Waals surface area contributed by atoms with Gasteiger partial charge in [-0.2, -0.15) is 0 Å². The molecular weight excluding hydrogens is 346 g/mol. The van der Waals surface area contributed by atoms with Crippen LogP contribution in [0.4, 0.5) is 0 Å². The Kier molecular flexibility index (Phi) is 7.79. The maximum absolute atomic E-state index is 13.2. The van der Waals surface area contributed by atoms with E-state index >= 15 is 0 Å². The van der Waals surface area contributed by atoms with Crippen LogP contribution in [0.15, 0.2) is 53.4 Å². The normalized spacial score (nSPS) is 14.1. The summed E-state index contributed by atoms with van der Waals surface area (Å²) in [6, 6.07) is 13.8. The highest BCUT2D eigenvalue weighted by Gasteiger charge is 2.32. The van der Waals surface area contributed by atoms with Crippen molar-refractivity contribution in [3.8, 4) is 0 Å². The molecule has 4 nitrogen and oxygen atoms in total. The highest BCUT2D eigenvalue weighted by Crippen LogP contribution is 2.32. The van der Waals surface area contributed by atoms with Gasteiger partial charge in [-0.1, -0.05) is 56.9 Å².